The molecule has 4 heteroatoms. The van der Waals surface area contributed by atoms with Gasteiger partial charge >= 0.3 is 0 Å². The molecule has 1 atom stereocenters. The summed E-state index contributed by atoms with van der Waals surface area (Å²) in [6.45, 7) is 3.71. The van der Waals surface area contributed by atoms with Gasteiger partial charge in [-0.3, -0.25) is 4.79 Å². The number of amides is 1. The van der Waals surface area contributed by atoms with Crippen LogP contribution >= 0.6 is 0 Å². The molecule has 1 heterocycles. The molecule has 126 valence electrons. The number of methoxy groups -OCH3 is 1. The lowest BCUT2D eigenvalue weighted by molar-refractivity contribution is -0.128. The summed E-state index contributed by atoms with van der Waals surface area (Å²) in [5, 5.41) is 3.50. The van der Waals surface area contributed by atoms with Crippen LogP contribution in [0.25, 0.3) is 0 Å². The number of carbonyl (C=O) groups is 1. The lowest BCUT2D eigenvalue weighted by Crippen LogP contribution is -2.23. The number of hydrogen-bond acceptors (Lipinski definition) is 3. The molecule has 1 aliphatic heterocycles. The minimum Gasteiger partial charge on any atom is -0.496 e. The molecule has 1 N–H and O–H groups in total. The second-order valence-electron chi connectivity index (χ2n) is 6.22. The number of hydrogen-bond donors (Lipinski definition) is 1. The number of likely N-dealkylation sites (tertiary alicyclic amines) is 1. The van der Waals surface area contributed by atoms with Crippen LogP contribution in [-0.2, 0) is 11.3 Å². The molecule has 0 unspecified atom stereocenters. The average molecular weight is 324 g/mol. The van der Waals surface area contributed by atoms with E-state index < -0.39 is 0 Å². The highest BCUT2D eigenvalue weighted by Gasteiger charge is 2.19. The van der Waals surface area contributed by atoms with Gasteiger partial charge in [0.1, 0.15) is 5.75 Å². The third-order valence-electron chi connectivity index (χ3n) is 4.49. The monoisotopic (exact) mass is 324 g/mol. The molecular weight excluding hydrogens is 300 g/mol. The van der Waals surface area contributed by atoms with E-state index >= 15 is 0 Å². The molecule has 0 saturated carbocycles. The molecule has 24 heavy (non-hydrogen) atoms. The van der Waals surface area contributed by atoms with Gasteiger partial charge < -0.3 is 15.0 Å². The van der Waals surface area contributed by atoms with Crippen molar-refractivity contribution in [3.05, 3.63) is 59.7 Å². The van der Waals surface area contributed by atoms with Crippen LogP contribution in [0.15, 0.2) is 48.5 Å². The van der Waals surface area contributed by atoms with Gasteiger partial charge in [-0.1, -0.05) is 30.3 Å². The molecule has 1 aliphatic rings. The van der Waals surface area contributed by atoms with Crippen LogP contribution in [0.3, 0.4) is 0 Å². The van der Waals surface area contributed by atoms with E-state index in [-0.39, 0.29) is 11.9 Å². The Morgan fingerprint density at radius 3 is 2.58 bits per heavy atom. The van der Waals surface area contributed by atoms with E-state index in [1.807, 2.05) is 23.1 Å². The van der Waals surface area contributed by atoms with Gasteiger partial charge in [-0.25, -0.2) is 0 Å². The lowest BCUT2D eigenvalue weighted by Gasteiger charge is -2.19. The number of nitrogens with zero attached hydrogens (tertiary/aromatic N) is 1. The molecule has 1 saturated heterocycles. The van der Waals surface area contributed by atoms with E-state index in [0.29, 0.717) is 13.0 Å². The topological polar surface area (TPSA) is 41.6 Å². The first kappa shape index (κ1) is 16.4. The van der Waals surface area contributed by atoms with Crippen molar-refractivity contribution in [2.24, 2.45) is 0 Å². The smallest absolute Gasteiger partial charge is 0.222 e. The number of rotatable bonds is 6. The summed E-state index contributed by atoms with van der Waals surface area (Å²) < 4.78 is 5.43. The standard InChI is InChI=1S/C20H24N2O2/c1-15(18-6-3-4-7-19(18)24-2)21-17-11-9-16(10-12-17)14-22-13-5-8-20(22)23/h3-4,6-7,9-12,15,21H,5,8,13-14H2,1-2H3/t15-/m1/s1. The van der Waals surface area contributed by atoms with E-state index in [0.717, 1.165) is 30.0 Å². The van der Waals surface area contributed by atoms with Crippen molar-refractivity contribution >= 4 is 11.6 Å². The normalized spacial score (nSPS) is 15.4. The quantitative estimate of drug-likeness (QED) is 0.873. The van der Waals surface area contributed by atoms with Gasteiger partial charge in [-0.15, -0.1) is 0 Å². The zero-order valence-electron chi connectivity index (χ0n) is 14.3. The van der Waals surface area contributed by atoms with Gasteiger partial charge in [0.15, 0.2) is 0 Å². The van der Waals surface area contributed by atoms with Crippen molar-refractivity contribution in [1.29, 1.82) is 0 Å². The number of carbonyl (C=O) groups excluding carboxylic acids is 1. The largest absolute Gasteiger partial charge is 0.496 e. The highest BCUT2D eigenvalue weighted by Crippen LogP contribution is 2.27. The second-order valence-corrected chi connectivity index (χ2v) is 6.22. The van der Waals surface area contributed by atoms with Crippen LogP contribution in [0, 0.1) is 0 Å². The highest BCUT2D eigenvalue weighted by atomic mass is 16.5. The summed E-state index contributed by atoms with van der Waals surface area (Å²) in [5.74, 6) is 1.16. The summed E-state index contributed by atoms with van der Waals surface area (Å²) in [6.07, 6.45) is 1.67. The number of para-hydroxylation sites is 1. The zero-order chi connectivity index (χ0) is 16.9. The summed E-state index contributed by atoms with van der Waals surface area (Å²) in [4.78, 5) is 13.6. The SMILES string of the molecule is COc1ccccc1[C@@H](C)Nc1ccc(CN2CCCC2=O)cc1. The molecule has 0 aliphatic carbocycles. The van der Waals surface area contributed by atoms with Crippen molar-refractivity contribution in [3.8, 4) is 5.75 Å². The first-order valence-electron chi connectivity index (χ1n) is 8.43. The second kappa shape index (κ2) is 7.39. The predicted molar refractivity (Wildman–Crippen MR) is 96.1 cm³/mol. The van der Waals surface area contributed by atoms with E-state index in [9.17, 15) is 4.79 Å². The lowest BCUT2D eigenvalue weighted by atomic mass is 10.1. The Morgan fingerprint density at radius 2 is 1.92 bits per heavy atom. The molecule has 0 spiro atoms. The molecule has 0 aromatic heterocycles. The van der Waals surface area contributed by atoms with Crippen molar-refractivity contribution in [2.75, 3.05) is 19.0 Å². The summed E-state index contributed by atoms with van der Waals surface area (Å²) in [5.41, 5.74) is 3.36. The van der Waals surface area contributed by atoms with E-state index in [1.54, 1.807) is 7.11 Å². The van der Waals surface area contributed by atoms with Gasteiger partial charge in [0, 0.05) is 30.8 Å². The van der Waals surface area contributed by atoms with Crippen LogP contribution < -0.4 is 10.1 Å². The van der Waals surface area contributed by atoms with Gasteiger partial charge in [0.05, 0.1) is 13.2 Å². The highest BCUT2D eigenvalue weighted by molar-refractivity contribution is 5.78. The van der Waals surface area contributed by atoms with Gasteiger partial charge in [0.25, 0.3) is 0 Å². The Morgan fingerprint density at radius 1 is 1.17 bits per heavy atom. The maximum Gasteiger partial charge on any atom is 0.222 e. The van der Waals surface area contributed by atoms with E-state index in [4.69, 9.17) is 4.74 Å². The number of nitrogens with one attached hydrogen (secondary N) is 1. The molecule has 1 amide bonds. The number of ether oxygens (including phenoxy) is 1. The first-order chi connectivity index (χ1) is 11.7. The molecule has 0 bridgehead atoms. The Hall–Kier alpha value is -2.49. The first-order valence-corrected chi connectivity index (χ1v) is 8.43. The Labute approximate surface area is 143 Å². The molecular formula is C20H24N2O2. The average Bonchev–Trinajstić information content (AvgIpc) is 3.01. The predicted octanol–water partition coefficient (Wildman–Crippen LogP) is 3.99. The summed E-state index contributed by atoms with van der Waals surface area (Å²) >= 11 is 0. The molecule has 4 nitrogen and oxygen atoms in total. The van der Waals surface area contributed by atoms with Crippen molar-refractivity contribution in [3.63, 3.8) is 0 Å². The van der Waals surface area contributed by atoms with E-state index in [1.165, 1.54) is 5.56 Å². The van der Waals surface area contributed by atoms with Crippen LogP contribution in [0.1, 0.15) is 36.9 Å². The van der Waals surface area contributed by atoms with Crippen molar-refractivity contribution < 1.29 is 9.53 Å². The molecule has 3 rings (SSSR count). The number of anilines is 1. The number of benzene rings is 2. The van der Waals surface area contributed by atoms with Gasteiger partial charge in [-0.2, -0.15) is 0 Å². The molecule has 2 aromatic carbocycles. The third-order valence-corrected chi connectivity index (χ3v) is 4.49. The van der Waals surface area contributed by atoms with E-state index in [2.05, 4.69) is 42.6 Å². The Kier molecular flexibility index (Phi) is 5.04. The molecule has 2 aromatic rings. The fraction of sp³-hybridized carbons (Fsp3) is 0.350. The van der Waals surface area contributed by atoms with Crippen LogP contribution in [0.5, 0.6) is 5.75 Å². The Balaban J connectivity index is 1.64. The van der Waals surface area contributed by atoms with Crippen LogP contribution in [0.2, 0.25) is 0 Å². The molecule has 0 radical (unpaired) electrons. The van der Waals surface area contributed by atoms with Gasteiger partial charge in [0.2, 0.25) is 5.91 Å². The minimum atomic E-state index is 0.146. The maximum absolute atomic E-state index is 11.7. The Bertz CT molecular complexity index is 697. The minimum absolute atomic E-state index is 0.146. The van der Waals surface area contributed by atoms with Crippen molar-refractivity contribution in [1.82, 2.24) is 4.90 Å². The fourth-order valence-corrected chi connectivity index (χ4v) is 3.15. The van der Waals surface area contributed by atoms with Crippen LogP contribution in [-0.4, -0.2) is 24.5 Å². The zero-order valence-corrected chi connectivity index (χ0v) is 14.3. The summed E-state index contributed by atoms with van der Waals surface area (Å²) in [7, 11) is 1.69. The van der Waals surface area contributed by atoms with Gasteiger partial charge in [-0.05, 0) is 37.1 Å². The molecule has 1 fully saturated rings. The summed E-state index contributed by atoms with van der Waals surface area (Å²) in [6, 6.07) is 16.5. The maximum atomic E-state index is 11.7. The van der Waals surface area contributed by atoms with Crippen LogP contribution in [0.4, 0.5) is 5.69 Å². The third kappa shape index (κ3) is 3.70. The fourth-order valence-electron chi connectivity index (χ4n) is 3.15. The van der Waals surface area contributed by atoms with Crippen molar-refractivity contribution in [2.45, 2.75) is 32.4 Å².